The molecule has 0 aliphatic rings. The molecule has 5 aromatic rings. The largest absolute Gasteiger partial charge is 0.474 e. The molecule has 5 rings (SSSR count). The first-order chi connectivity index (χ1) is 18.6. The maximum Gasteiger partial charge on any atom is 0.263 e. The number of halogens is 2. The lowest BCUT2D eigenvalue weighted by Crippen LogP contribution is -2.20. The second-order valence-electron chi connectivity index (χ2n) is 8.45. The Morgan fingerprint density at radius 2 is 1.77 bits per heavy atom. The maximum absolute atomic E-state index is 13.9. The SMILES string of the molecule is CC(C#N)Oc1cc(-c2cc(F)cc(F)c2)ccc1-n1c(=O)ccc2cc(S(=O)(=O)Nc3ccon3)ccc21. The number of hydrogen-bond donors (Lipinski definition) is 1. The van der Waals surface area contributed by atoms with E-state index in [-0.39, 0.29) is 27.7 Å². The number of ether oxygens (including phenoxy) is 1. The second-order valence-corrected chi connectivity index (χ2v) is 10.1. The van der Waals surface area contributed by atoms with E-state index < -0.39 is 33.3 Å². The fraction of sp³-hybridized carbons (Fsp3) is 0.0741. The molecule has 12 heteroatoms. The molecule has 196 valence electrons. The highest BCUT2D eigenvalue weighted by molar-refractivity contribution is 7.92. The Balaban J connectivity index is 1.65. The van der Waals surface area contributed by atoms with Gasteiger partial charge in [-0.15, -0.1) is 0 Å². The molecule has 0 saturated carbocycles. The van der Waals surface area contributed by atoms with E-state index in [1.54, 1.807) is 6.07 Å². The molecule has 2 heterocycles. The van der Waals surface area contributed by atoms with Crippen LogP contribution in [0.5, 0.6) is 5.75 Å². The van der Waals surface area contributed by atoms with Gasteiger partial charge in [0, 0.05) is 23.6 Å². The van der Waals surface area contributed by atoms with Gasteiger partial charge < -0.3 is 9.26 Å². The number of nitrogens with one attached hydrogen (secondary N) is 1. The van der Waals surface area contributed by atoms with E-state index >= 15 is 0 Å². The Hall–Kier alpha value is -5.02. The van der Waals surface area contributed by atoms with E-state index in [4.69, 9.17) is 4.74 Å². The number of sulfonamides is 1. The van der Waals surface area contributed by atoms with Gasteiger partial charge in [0.1, 0.15) is 29.7 Å². The van der Waals surface area contributed by atoms with Crippen molar-refractivity contribution in [1.29, 1.82) is 5.26 Å². The number of fused-ring (bicyclic) bond motifs is 1. The lowest BCUT2D eigenvalue weighted by Gasteiger charge is -2.18. The molecule has 0 aliphatic heterocycles. The molecule has 0 fully saturated rings. The monoisotopic (exact) mass is 548 g/mol. The summed E-state index contributed by atoms with van der Waals surface area (Å²) < 4.78 is 67.4. The van der Waals surface area contributed by atoms with Crippen molar-refractivity contribution in [3.8, 4) is 28.6 Å². The zero-order valence-corrected chi connectivity index (χ0v) is 20.9. The van der Waals surface area contributed by atoms with Gasteiger partial charge in [-0.1, -0.05) is 11.2 Å². The predicted molar refractivity (Wildman–Crippen MR) is 138 cm³/mol. The highest BCUT2D eigenvalue weighted by Gasteiger charge is 2.19. The van der Waals surface area contributed by atoms with Crippen LogP contribution in [-0.4, -0.2) is 24.2 Å². The summed E-state index contributed by atoms with van der Waals surface area (Å²) in [6, 6.07) is 17.8. The lowest BCUT2D eigenvalue weighted by atomic mass is 10.0. The molecule has 0 saturated heterocycles. The number of anilines is 1. The molecule has 0 bridgehead atoms. The van der Waals surface area contributed by atoms with Crippen LogP contribution in [0, 0.1) is 23.0 Å². The van der Waals surface area contributed by atoms with E-state index in [9.17, 15) is 27.3 Å². The minimum Gasteiger partial charge on any atom is -0.474 e. The number of benzene rings is 3. The van der Waals surface area contributed by atoms with Crippen LogP contribution in [0.25, 0.3) is 27.7 Å². The Bertz CT molecular complexity index is 1900. The molecule has 1 unspecified atom stereocenters. The van der Waals surface area contributed by atoms with Crippen molar-refractivity contribution in [1.82, 2.24) is 9.72 Å². The van der Waals surface area contributed by atoms with Crippen LogP contribution < -0.4 is 15.0 Å². The van der Waals surface area contributed by atoms with Crippen molar-refractivity contribution in [2.45, 2.75) is 17.9 Å². The summed E-state index contributed by atoms with van der Waals surface area (Å²) in [5, 5.41) is 13.3. The van der Waals surface area contributed by atoms with E-state index in [0.717, 1.165) is 18.2 Å². The molecule has 0 aliphatic carbocycles. The average molecular weight is 549 g/mol. The zero-order chi connectivity index (χ0) is 27.7. The van der Waals surface area contributed by atoms with Gasteiger partial charge in [-0.3, -0.25) is 14.1 Å². The molecule has 0 amide bonds. The molecule has 0 spiro atoms. The van der Waals surface area contributed by atoms with Crippen LogP contribution >= 0.6 is 0 Å². The van der Waals surface area contributed by atoms with Crippen molar-refractivity contribution >= 4 is 26.7 Å². The molecule has 3 aromatic carbocycles. The summed E-state index contributed by atoms with van der Waals surface area (Å²) in [4.78, 5) is 13.0. The van der Waals surface area contributed by atoms with Crippen molar-refractivity contribution in [3.63, 3.8) is 0 Å². The lowest BCUT2D eigenvalue weighted by molar-refractivity contribution is 0.276. The summed E-state index contributed by atoms with van der Waals surface area (Å²) in [6.45, 7) is 1.50. The van der Waals surface area contributed by atoms with Crippen molar-refractivity contribution in [2.75, 3.05) is 4.72 Å². The zero-order valence-electron chi connectivity index (χ0n) is 20.1. The molecule has 1 N–H and O–H groups in total. The van der Waals surface area contributed by atoms with Crippen LogP contribution in [0.1, 0.15) is 6.92 Å². The second kappa shape index (κ2) is 10.0. The summed E-state index contributed by atoms with van der Waals surface area (Å²) in [5.74, 6) is -1.43. The first-order valence-corrected chi connectivity index (χ1v) is 12.9. The topological polar surface area (TPSA) is 127 Å². The number of pyridine rings is 1. The Morgan fingerprint density at radius 3 is 2.46 bits per heavy atom. The van der Waals surface area contributed by atoms with Gasteiger partial charge in [0.15, 0.2) is 11.9 Å². The summed E-state index contributed by atoms with van der Waals surface area (Å²) in [6.07, 6.45) is 0.299. The maximum atomic E-state index is 13.9. The van der Waals surface area contributed by atoms with Crippen LogP contribution in [0.2, 0.25) is 0 Å². The van der Waals surface area contributed by atoms with E-state index in [0.29, 0.717) is 16.5 Å². The molecular weight excluding hydrogens is 530 g/mol. The van der Waals surface area contributed by atoms with Gasteiger partial charge in [-0.05, 0) is 66.6 Å². The quantitative estimate of drug-likeness (QED) is 0.303. The first-order valence-electron chi connectivity index (χ1n) is 11.4. The Kier molecular flexibility index (Phi) is 6.59. The van der Waals surface area contributed by atoms with Gasteiger partial charge >= 0.3 is 0 Å². The minimum absolute atomic E-state index is 0.00624. The van der Waals surface area contributed by atoms with Gasteiger partial charge in [0.25, 0.3) is 15.6 Å². The molecule has 1 atom stereocenters. The highest BCUT2D eigenvalue weighted by Crippen LogP contribution is 2.33. The first kappa shape index (κ1) is 25.6. The van der Waals surface area contributed by atoms with Crippen LogP contribution in [-0.2, 0) is 10.0 Å². The van der Waals surface area contributed by atoms with Gasteiger partial charge in [0.2, 0.25) is 0 Å². The number of rotatable bonds is 7. The molecule has 9 nitrogen and oxygen atoms in total. The van der Waals surface area contributed by atoms with E-state index in [2.05, 4.69) is 14.4 Å². The number of hydrogen-bond acceptors (Lipinski definition) is 7. The van der Waals surface area contributed by atoms with Crippen LogP contribution in [0.15, 0.2) is 93.3 Å². The number of nitriles is 1. The third kappa shape index (κ3) is 5.21. The fourth-order valence-electron chi connectivity index (χ4n) is 4.01. The molecule has 0 radical (unpaired) electrons. The highest BCUT2D eigenvalue weighted by atomic mass is 32.2. The molecular formula is C27H18F2N4O5S. The fourth-order valence-corrected chi connectivity index (χ4v) is 5.04. The normalized spacial score (nSPS) is 12.2. The third-order valence-corrected chi connectivity index (χ3v) is 7.09. The number of nitrogens with zero attached hydrogens (tertiary/aromatic N) is 3. The van der Waals surface area contributed by atoms with Crippen LogP contribution in [0.4, 0.5) is 14.6 Å². The van der Waals surface area contributed by atoms with Crippen molar-refractivity contribution in [2.24, 2.45) is 0 Å². The standard InChI is InChI=1S/C27H18F2N4O5S/c1-16(15-30)38-25-13-17(19-10-20(28)14-21(29)11-19)2-5-24(25)33-23-6-4-22(12-18(23)3-7-27(33)34)39(35,36)32-26-8-9-37-31-26/h2-14,16H,1H3,(H,31,32). The van der Waals surface area contributed by atoms with E-state index in [1.807, 2.05) is 6.07 Å². The summed E-state index contributed by atoms with van der Waals surface area (Å²) >= 11 is 0. The van der Waals surface area contributed by atoms with Gasteiger partial charge in [0.05, 0.1) is 16.1 Å². The van der Waals surface area contributed by atoms with Crippen molar-refractivity contribution < 1.29 is 26.5 Å². The molecule has 2 aromatic heterocycles. The van der Waals surface area contributed by atoms with Crippen LogP contribution in [0.3, 0.4) is 0 Å². The summed E-state index contributed by atoms with van der Waals surface area (Å²) in [7, 11) is -4.01. The Labute approximate surface area is 220 Å². The smallest absolute Gasteiger partial charge is 0.263 e. The van der Waals surface area contributed by atoms with E-state index in [1.165, 1.54) is 66.3 Å². The average Bonchev–Trinajstić information content (AvgIpc) is 3.40. The van der Waals surface area contributed by atoms with Gasteiger partial charge in [-0.2, -0.15) is 5.26 Å². The van der Waals surface area contributed by atoms with Crippen molar-refractivity contribution in [3.05, 3.63) is 101 Å². The van der Waals surface area contributed by atoms with Gasteiger partial charge in [-0.25, -0.2) is 17.2 Å². The Morgan fingerprint density at radius 1 is 1.00 bits per heavy atom. The molecule has 39 heavy (non-hydrogen) atoms. The number of aromatic nitrogens is 2. The predicted octanol–water partition coefficient (Wildman–Crippen LogP) is 5.02. The minimum atomic E-state index is -4.01. The third-order valence-electron chi connectivity index (χ3n) is 5.73. The summed E-state index contributed by atoms with van der Waals surface area (Å²) in [5.41, 5.74) is 0.746.